The van der Waals surface area contributed by atoms with Crippen molar-refractivity contribution in [1.82, 2.24) is 14.1 Å². The average molecular weight is 486 g/mol. The number of pyridine rings is 1. The van der Waals surface area contributed by atoms with Crippen molar-refractivity contribution < 1.29 is 0 Å². The molecule has 5 aromatic carbocycles. The van der Waals surface area contributed by atoms with Crippen molar-refractivity contribution in [3.63, 3.8) is 0 Å². The van der Waals surface area contributed by atoms with Crippen molar-refractivity contribution in [3.8, 4) is 22.6 Å². The zero-order valence-electron chi connectivity index (χ0n) is 20.6. The maximum Gasteiger partial charge on any atom is 0.145 e. The minimum absolute atomic E-state index is 0.937. The van der Waals surface area contributed by atoms with E-state index >= 15 is 0 Å². The van der Waals surface area contributed by atoms with E-state index in [-0.39, 0.29) is 0 Å². The molecule has 3 heterocycles. The molecule has 0 aliphatic rings. The predicted molar refractivity (Wildman–Crippen MR) is 158 cm³/mol. The number of hydrogen-bond donors (Lipinski definition) is 0. The molecule has 8 rings (SSSR count). The van der Waals surface area contributed by atoms with Crippen LogP contribution in [0, 0.1) is 0 Å². The normalized spacial score (nSPS) is 11.7. The van der Waals surface area contributed by atoms with Crippen LogP contribution in [-0.2, 0) is 0 Å². The lowest BCUT2D eigenvalue weighted by atomic mass is 10.1. The van der Waals surface area contributed by atoms with Crippen LogP contribution in [0.3, 0.4) is 0 Å². The molecule has 0 amide bonds. The van der Waals surface area contributed by atoms with Crippen LogP contribution >= 0.6 is 0 Å². The zero-order valence-corrected chi connectivity index (χ0v) is 20.6. The SMILES string of the molecule is c1ccc(-c2cccnc2-n2c3ccccc3c3c2ccc2c4ccccc4n(-c4ccccc4)c23)cc1. The fourth-order valence-corrected chi connectivity index (χ4v) is 6.00. The average Bonchev–Trinajstić information content (AvgIpc) is 3.51. The van der Waals surface area contributed by atoms with Gasteiger partial charge in [0.2, 0.25) is 0 Å². The molecule has 178 valence electrons. The Balaban J connectivity index is 1.58. The standard InChI is InChI=1S/C35H23N3/c1-3-12-24(13-4-1)26-18-11-23-36-35(26)38-31-20-10-8-17-29(31)33-32(38)22-21-28-27-16-7-9-19-30(27)37(34(28)33)25-14-5-2-6-15-25/h1-23H. The molecule has 0 spiro atoms. The summed E-state index contributed by atoms with van der Waals surface area (Å²) < 4.78 is 4.75. The van der Waals surface area contributed by atoms with Gasteiger partial charge >= 0.3 is 0 Å². The third kappa shape index (κ3) is 2.93. The van der Waals surface area contributed by atoms with Gasteiger partial charge in [0, 0.05) is 39.0 Å². The van der Waals surface area contributed by atoms with Crippen LogP contribution in [-0.4, -0.2) is 14.1 Å². The Morgan fingerprint density at radius 1 is 0.447 bits per heavy atom. The molecule has 0 saturated carbocycles. The molecule has 0 unspecified atom stereocenters. The summed E-state index contributed by atoms with van der Waals surface area (Å²) in [7, 11) is 0. The molecular weight excluding hydrogens is 462 g/mol. The highest BCUT2D eigenvalue weighted by Gasteiger charge is 2.22. The summed E-state index contributed by atoms with van der Waals surface area (Å²) in [5.74, 6) is 0.937. The summed E-state index contributed by atoms with van der Waals surface area (Å²) in [6, 6.07) is 47.3. The third-order valence-electron chi connectivity index (χ3n) is 7.57. The van der Waals surface area contributed by atoms with Gasteiger partial charge in [-0.05, 0) is 48.0 Å². The summed E-state index contributed by atoms with van der Waals surface area (Å²) in [4.78, 5) is 4.96. The van der Waals surface area contributed by atoms with E-state index in [0.29, 0.717) is 0 Å². The van der Waals surface area contributed by atoms with Crippen LogP contribution in [0.4, 0.5) is 0 Å². The number of aromatic nitrogens is 3. The number of benzene rings is 5. The van der Waals surface area contributed by atoms with E-state index < -0.39 is 0 Å². The maximum atomic E-state index is 4.96. The highest BCUT2D eigenvalue weighted by atomic mass is 15.1. The van der Waals surface area contributed by atoms with Crippen molar-refractivity contribution in [3.05, 3.63) is 140 Å². The van der Waals surface area contributed by atoms with Crippen molar-refractivity contribution in [2.24, 2.45) is 0 Å². The van der Waals surface area contributed by atoms with Crippen molar-refractivity contribution >= 4 is 43.6 Å². The number of hydrogen-bond acceptors (Lipinski definition) is 1. The lowest BCUT2D eigenvalue weighted by Crippen LogP contribution is -2.00. The van der Waals surface area contributed by atoms with Crippen LogP contribution in [0.2, 0.25) is 0 Å². The summed E-state index contributed by atoms with van der Waals surface area (Å²) in [5.41, 5.74) is 8.15. The molecular formula is C35H23N3. The van der Waals surface area contributed by atoms with Gasteiger partial charge in [-0.25, -0.2) is 4.98 Å². The second kappa shape index (κ2) is 8.19. The summed E-state index contributed by atoms with van der Waals surface area (Å²) in [6.45, 7) is 0. The van der Waals surface area contributed by atoms with E-state index in [9.17, 15) is 0 Å². The van der Waals surface area contributed by atoms with Crippen molar-refractivity contribution in [2.45, 2.75) is 0 Å². The second-order valence-electron chi connectivity index (χ2n) is 9.64. The van der Waals surface area contributed by atoms with Gasteiger partial charge in [-0.2, -0.15) is 0 Å². The molecule has 0 saturated heterocycles. The molecule has 0 fully saturated rings. The molecule has 0 radical (unpaired) electrons. The molecule has 38 heavy (non-hydrogen) atoms. The van der Waals surface area contributed by atoms with Crippen LogP contribution < -0.4 is 0 Å². The van der Waals surface area contributed by atoms with Gasteiger partial charge in [0.25, 0.3) is 0 Å². The Kier molecular flexibility index (Phi) is 4.52. The fraction of sp³-hybridized carbons (Fsp3) is 0. The second-order valence-corrected chi connectivity index (χ2v) is 9.64. The predicted octanol–water partition coefficient (Wildman–Crippen LogP) is 8.94. The van der Waals surface area contributed by atoms with E-state index in [2.05, 4.69) is 137 Å². The van der Waals surface area contributed by atoms with E-state index in [1.807, 2.05) is 12.3 Å². The number of fused-ring (bicyclic) bond motifs is 7. The Morgan fingerprint density at radius 3 is 1.89 bits per heavy atom. The summed E-state index contributed by atoms with van der Waals surface area (Å²) in [5, 5.41) is 4.97. The maximum absolute atomic E-state index is 4.96. The van der Waals surface area contributed by atoms with E-state index in [1.54, 1.807) is 0 Å². The largest absolute Gasteiger partial charge is 0.309 e. The highest BCUT2D eigenvalue weighted by Crippen LogP contribution is 2.42. The fourth-order valence-electron chi connectivity index (χ4n) is 6.00. The number of nitrogens with zero attached hydrogens (tertiary/aromatic N) is 3. The molecule has 3 nitrogen and oxygen atoms in total. The van der Waals surface area contributed by atoms with Gasteiger partial charge in [-0.1, -0.05) is 91.0 Å². The first-order valence-corrected chi connectivity index (χ1v) is 12.9. The zero-order chi connectivity index (χ0) is 25.1. The van der Waals surface area contributed by atoms with Crippen LogP contribution in [0.5, 0.6) is 0 Å². The smallest absolute Gasteiger partial charge is 0.145 e. The van der Waals surface area contributed by atoms with Gasteiger partial charge in [0.1, 0.15) is 5.82 Å². The van der Waals surface area contributed by atoms with E-state index in [4.69, 9.17) is 4.98 Å². The van der Waals surface area contributed by atoms with Crippen LogP contribution in [0.25, 0.3) is 66.2 Å². The Bertz CT molecular complexity index is 2120. The van der Waals surface area contributed by atoms with Gasteiger partial charge in [-0.15, -0.1) is 0 Å². The van der Waals surface area contributed by atoms with Crippen LogP contribution in [0.15, 0.2) is 140 Å². The number of rotatable bonds is 3. The molecule has 0 N–H and O–H groups in total. The molecule has 0 atom stereocenters. The first-order valence-electron chi connectivity index (χ1n) is 12.9. The van der Waals surface area contributed by atoms with E-state index in [0.717, 1.165) is 33.7 Å². The first-order chi connectivity index (χ1) is 18.9. The van der Waals surface area contributed by atoms with E-state index in [1.165, 1.54) is 32.6 Å². The first kappa shape index (κ1) is 21.0. The molecule has 0 aliphatic carbocycles. The van der Waals surface area contributed by atoms with Gasteiger partial charge in [-0.3, -0.25) is 4.57 Å². The minimum Gasteiger partial charge on any atom is -0.309 e. The van der Waals surface area contributed by atoms with Crippen molar-refractivity contribution in [1.29, 1.82) is 0 Å². The topological polar surface area (TPSA) is 22.8 Å². The van der Waals surface area contributed by atoms with Gasteiger partial charge in [0.15, 0.2) is 0 Å². The minimum atomic E-state index is 0.937. The molecule has 0 aliphatic heterocycles. The summed E-state index contributed by atoms with van der Waals surface area (Å²) in [6.07, 6.45) is 1.89. The molecule has 3 heteroatoms. The highest BCUT2D eigenvalue weighted by molar-refractivity contribution is 6.26. The Labute approximate surface area is 219 Å². The monoisotopic (exact) mass is 485 g/mol. The molecule has 8 aromatic rings. The lowest BCUT2D eigenvalue weighted by molar-refractivity contribution is 1.08. The molecule has 0 bridgehead atoms. The third-order valence-corrected chi connectivity index (χ3v) is 7.57. The lowest BCUT2D eigenvalue weighted by Gasteiger charge is -2.13. The summed E-state index contributed by atoms with van der Waals surface area (Å²) >= 11 is 0. The van der Waals surface area contributed by atoms with Crippen molar-refractivity contribution in [2.75, 3.05) is 0 Å². The van der Waals surface area contributed by atoms with Crippen LogP contribution in [0.1, 0.15) is 0 Å². The quantitative estimate of drug-likeness (QED) is 0.245. The van der Waals surface area contributed by atoms with Gasteiger partial charge < -0.3 is 4.57 Å². The Morgan fingerprint density at radius 2 is 1.11 bits per heavy atom. The molecule has 3 aromatic heterocycles. The number of para-hydroxylation sites is 3. The van der Waals surface area contributed by atoms with Gasteiger partial charge in [0.05, 0.1) is 22.1 Å². The Hall–Kier alpha value is -5.15.